The standard InChI is InChI=1S/C11H21NO3/c1-2-3-9(10(14)15)12-8-11(4-5-11)6-7-13/h9,12-13H,2-8H2,1H3,(H,14,15). The van der Waals surface area contributed by atoms with Gasteiger partial charge in [-0.1, -0.05) is 13.3 Å². The summed E-state index contributed by atoms with van der Waals surface area (Å²) in [6.45, 7) is 2.91. The molecule has 1 saturated carbocycles. The smallest absolute Gasteiger partial charge is 0.320 e. The lowest BCUT2D eigenvalue weighted by atomic mass is 10.0. The van der Waals surface area contributed by atoms with Crippen molar-refractivity contribution in [1.29, 1.82) is 0 Å². The number of aliphatic carboxylic acids is 1. The average Bonchev–Trinajstić information content (AvgIpc) is 2.93. The molecule has 1 aliphatic rings. The zero-order valence-corrected chi connectivity index (χ0v) is 9.33. The lowest BCUT2D eigenvalue weighted by Gasteiger charge is -2.19. The predicted molar refractivity (Wildman–Crippen MR) is 57.7 cm³/mol. The number of carbonyl (C=O) groups is 1. The van der Waals surface area contributed by atoms with E-state index in [0.717, 1.165) is 32.2 Å². The van der Waals surface area contributed by atoms with E-state index in [-0.39, 0.29) is 12.0 Å². The van der Waals surface area contributed by atoms with E-state index >= 15 is 0 Å². The molecule has 0 spiro atoms. The Bertz CT molecular complexity index is 214. The Kier molecular flexibility index (Phi) is 4.54. The second kappa shape index (κ2) is 5.47. The van der Waals surface area contributed by atoms with Gasteiger partial charge in [0.15, 0.2) is 0 Å². The minimum absolute atomic E-state index is 0.191. The summed E-state index contributed by atoms with van der Waals surface area (Å²) in [5.74, 6) is -0.767. The van der Waals surface area contributed by atoms with E-state index in [1.807, 2.05) is 6.92 Å². The van der Waals surface area contributed by atoms with E-state index in [2.05, 4.69) is 5.32 Å². The third-order valence-electron chi connectivity index (χ3n) is 3.20. The lowest BCUT2D eigenvalue weighted by Crippen LogP contribution is -2.40. The summed E-state index contributed by atoms with van der Waals surface area (Å²) in [6.07, 6.45) is 4.55. The number of hydrogen-bond acceptors (Lipinski definition) is 3. The van der Waals surface area contributed by atoms with Crippen LogP contribution in [0.2, 0.25) is 0 Å². The normalized spacial score (nSPS) is 19.9. The van der Waals surface area contributed by atoms with Gasteiger partial charge in [0.25, 0.3) is 0 Å². The quantitative estimate of drug-likeness (QED) is 0.565. The minimum Gasteiger partial charge on any atom is -0.480 e. The molecule has 1 atom stereocenters. The van der Waals surface area contributed by atoms with Gasteiger partial charge in [-0.15, -0.1) is 0 Å². The largest absolute Gasteiger partial charge is 0.480 e. The van der Waals surface area contributed by atoms with Crippen LogP contribution >= 0.6 is 0 Å². The molecule has 1 unspecified atom stereocenters. The first-order valence-corrected chi connectivity index (χ1v) is 5.70. The average molecular weight is 215 g/mol. The van der Waals surface area contributed by atoms with Crippen LogP contribution in [0.25, 0.3) is 0 Å². The number of hydrogen-bond donors (Lipinski definition) is 3. The number of rotatable bonds is 8. The van der Waals surface area contributed by atoms with Crippen LogP contribution in [0.15, 0.2) is 0 Å². The molecule has 3 N–H and O–H groups in total. The van der Waals surface area contributed by atoms with Gasteiger partial charge >= 0.3 is 5.97 Å². The second-order valence-corrected chi connectivity index (χ2v) is 4.53. The first-order chi connectivity index (χ1) is 7.13. The van der Waals surface area contributed by atoms with E-state index in [4.69, 9.17) is 10.2 Å². The first kappa shape index (κ1) is 12.5. The highest BCUT2D eigenvalue weighted by molar-refractivity contribution is 5.73. The Morgan fingerprint density at radius 3 is 2.60 bits per heavy atom. The molecule has 88 valence electrons. The molecular weight excluding hydrogens is 194 g/mol. The summed E-state index contributed by atoms with van der Waals surface area (Å²) < 4.78 is 0. The molecule has 4 nitrogen and oxygen atoms in total. The molecule has 0 amide bonds. The van der Waals surface area contributed by atoms with Crippen molar-refractivity contribution in [2.75, 3.05) is 13.2 Å². The Labute approximate surface area is 90.7 Å². The molecule has 1 aliphatic carbocycles. The monoisotopic (exact) mass is 215 g/mol. The van der Waals surface area contributed by atoms with Gasteiger partial charge in [0.1, 0.15) is 6.04 Å². The van der Waals surface area contributed by atoms with Crippen LogP contribution in [0.4, 0.5) is 0 Å². The van der Waals surface area contributed by atoms with Crippen molar-refractivity contribution in [3.05, 3.63) is 0 Å². The Morgan fingerprint density at radius 1 is 1.53 bits per heavy atom. The van der Waals surface area contributed by atoms with Crippen LogP contribution < -0.4 is 5.32 Å². The molecule has 0 heterocycles. The third kappa shape index (κ3) is 3.80. The lowest BCUT2D eigenvalue weighted by molar-refractivity contribution is -0.139. The first-order valence-electron chi connectivity index (χ1n) is 5.70. The zero-order chi connectivity index (χ0) is 11.3. The SMILES string of the molecule is CCCC(NCC1(CCO)CC1)C(=O)O. The Balaban J connectivity index is 2.30. The van der Waals surface area contributed by atoms with Crippen molar-refractivity contribution in [2.24, 2.45) is 5.41 Å². The maximum atomic E-state index is 10.9. The van der Waals surface area contributed by atoms with E-state index < -0.39 is 12.0 Å². The van der Waals surface area contributed by atoms with Crippen molar-refractivity contribution in [3.8, 4) is 0 Å². The predicted octanol–water partition coefficient (Wildman–Crippen LogP) is 0.992. The molecular formula is C11H21NO3. The molecule has 1 fully saturated rings. The van der Waals surface area contributed by atoms with Crippen molar-refractivity contribution in [1.82, 2.24) is 5.32 Å². The summed E-state index contributed by atoms with van der Waals surface area (Å²) in [4.78, 5) is 10.9. The van der Waals surface area contributed by atoms with E-state index in [1.165, 1.54) is 0 Å². The molecule has 1 rings (SSSR count). The van der Waals surface area contributed by atoms with E-state index in [0.29, 0.717) is 6.42 Å². The third-order valence-corrected chi connectivity index (χ3v) is 3.20. The molecule has 0 aliphatic heterocycles. The summed E-state index contributed by atoms with van der Waals surface area (Å²) in [5, 5.41) is 20.9. The highest BCUT2D eigenvalue weighted by Crippen LogP contribution is 2.47. The van der Waals surface area contributed by atoms with Gasteiger partial charge in [0, 0.05) is 13.2 Å². The molecule has 0 aromatic heterocycles. The van der Waals surface area contributed by atoms with Crippen LogP contribution in [0, 0.1) is 5.41 Å². The number of carboxylic acid groups (broad SMARTS) is 1. The number of aliphatic hydroxyl groups excluding tert-OH is 1. The van der Waals surface area contributed by atoms with Gasteiger partial charge in [0.2, 0.25) is 0 Å². The molecule has 0 saturated heterocycles. The fourth-order valence-electron chi connectivity index (χ4n) is 1.87. The van der Waals surface area contributed by atoms with Crippen LogP contribution in [0.1, 0.15) is 39.0 Å². The van der Waals surface area contributed by atoms with Gasteiger partial charge in [-0.3, -0.25) is 4.79 Å². The van der Waals surface area contributed by atoms with Gasteiger partial charge < -0.3 is 15.5 Å². The van der Waals surface area contributed by atoms with Gasteiger partial charge in [-0.25, -0.2) is 0 Å². The van der Waals surface area contributed by atoms with E-state index in [9.17, 15) is 4.79 Å². The molecule has 0 radical (unpaired) electrons. The molecule has 0 aromatic rings. The number of nitrogens with one attached hydrogen (secondary N) is 1. The van der Waals surface area contributed by atoms with Crippen molar-refractivity contribution in [3.63, 3.8) is 0 Å². The maximum absolute atomic E-state index is 10.9. The molecule has 0 aromatic carbocycles. The van der Waals surface area contributed by atoms with Crippen molar-refractivity contribution < 1.29 is 15.0 Å². The second-order valence-electron chi connectivity index (χ2n) is 4.53. The minimum atomic E-state index is -0.767. The summed E-state index contributed by atoms with van der Waals surface area (Å²) in [5.41, 5.74) is 0.191. The van der Waals surface area contributed by atoms with Crippen LogP contribution in [-0.2, 0) is 4.79 Å². The fourth-order valence-corrected chi connectivity index (χ4v) is 1.87. The molecule has 0 bridgehead atoms. The van der Waals surface area contributed by atoms with Gasteiger partial charge in [-0.05, 0) is 31.1 Å². The van der Waals surface area contributed by atoms with E-state index in [1.54, 1.807) is 0 Å². The molecule has 4 heteroatoms. The molecule has 15 heavy (non-hydrogen) atoms. The van der Waals surface area contributed by atoms with Crippen LogP contribution in [0.3, 0.4) is 0 Å². The van der Waals surface area contributed by atoms with Crippen LogP contribution in [-0.4, -0.2) is 35.4 Å². The number of carboxylic acids is 1. The highest BCUT2D eigenvalue weighted by atomic mass is 16.4. The van der Waals surface area contributed by atoms with Gasteiger partial charge in [-0.2, -0.15) is 0 Å². The van der Waals surface area contributed by atoms with Crippen molar-refractivity contribution >= 4 is 5.97 Å². The summed E-state index contributed by atoms with van der Waals surface area (Å²) >= 11 is 0. The summed E-state index contributed by atoms with van der Waals surface area (Å²) in [6, 6.07) is -0.425. The zero-order valence-electron chi connectivity index (χ0n) is 9.33. The van der Waals surface area contributed by atoms with Gasteiger partial charge in [0.05, 0.1) is 0 Å². The maximum Gasteiger partial charge on any atom is 0.320 e. The van der Waals surface area contributed by atoms with Crippen LogP contribution in [0.5, 0.6) is 0 Å². The highest BCUT2D eigenvalue weighted by Gasteiger charge is 2.42. The number of aliphatic hydroxyl groups is 1. The summed E-state index contributed by atoms with van der Waals surface area (Å²) in [7, 11) is 0. The topological polar surface area (TPSA) is 69.6 Å². The van der Waals surface area contributed by atoms with Crippen molar-refractivity contribution in [2.45, 2.75) is 45.1 Å². The Hall–Kier alpha value is -0.610. The Morgan fingerprint density at radius 2 is 2.20 bits per heavy atom. The fraction of sp³-hybridized carbons (Fsp3) is 0.909.